The zero-order chi connectivity index (χ0) is 20.2. The number of hydrogen-bond donors (Lipinski definition) is 1. The van der Waals surface area contributed by atoms with Gasteiger partial charge < -0.3 is 14.7 Å². The minimum absolute atomic E-state index is 0.0483. The molecular weight excluding hydrogens is 370 g/mol. The maximum Gasteiger partial charge on any atom is 0.252 e. The fraction of sp³-hybridized carbons (Fsp3) is 0.571. The van der Waals surface area contributed by atoms with Gasteiger partial charge in [-0.2, -0.15) is 4.98 Å². The van der Waals surface area contributed by atoms with Gasteiger partial charge in [0.25, 0.3) is 5.91 Å². The quantitative estimate of drug-likeness (QED) is 0.769. The number of nitrogens with zero attached hydrogens (tertiary/aromatic N) is 4. The largest absolute Gasteiger partial charge is 0.352 e. The number of piperidine rings is 1. The topological polar surface area (TPSA) is 101 Å². The summed E-state index contributed by atoms with van der Waals surface area (Å²) in [5, 5.41) is 6.71. The van der Waals surface area contributed by atoms with Crippen molar-refractivity contribution in [1.82, 2.24) is 25.3 Å². The Morgan fingerprint density at radius 3 is 2.62 bits per heavy atom. The second-order valence-electron chi connectivity index (χ2n) is 8.02. The van der Waals surface area contributed by atoms with Crippen LogP contribution in [0, 0.1) is 12.8 Å². The third kappa shape index (κ3) is 5.19. The highest BCUT2D eigenvalue weighted by molar-refractivity contribution is 5.93. The highest BCUT2D eigenvalue weighted by Gasteiger charge is 2.25. The Kier molecular flexibility index (Phi) is 5.87. The minimum atomic E-state index is -0.0483. The second kappa shape index (κ2) is 8.71. The average Bonchev–Trinajstić information content (AvgIpc) is 3.50. The Bertz CT molecular complexity index is 851. The van der Waals surface area contributed by atoms with E-state index in [4.69, 9.17) is 4.52 Å². The van der Waals surface area contributed by atoms with Crippen molar-refractivity contribution in [2.75, 3.05) is 19.6 Å². The van der Waals surface area contributed by atoms with Crippen LogP contribution in [0.15, 0.2) is 22.9 Å². The van der Waals surface area contributed by atoms with E-state index < -0.39 is 0 Å². The Labute approximate surface area is 170 Å². The maximum atomic E-state index is 12.4. The summed E-state index contributed by atoms with van der Waals surface area (Å²) >= 11 is 0. The number of aryl methyl sites for hydroxylation is 2. The zero-order valence-electron chi connectivity index (χ0n) is 16.8. The van der Waals surface area contributed by atoms with Gasteiger partial charge in [0.2, 0.25) is 11.8 Å². The van der Waals surface area contributed by atoms with E-state index in [9.17, 15) is 9.59 Å². The molecular formula is C21H27N5O3. The monoisotopic (exact) mass is 397 g/mol. The Balaban J connectivity index is 1.23. The van der Waals surface area contributed by atoms with E-state index in [1.54, 1.807) is 13.1 Å². The molecule has 0 unspecified atom stereocenters. The van der Waals surface area contributed by atoms with Crippen LogP contribution in [0.5, 0.6) is 0 Å². The lowest BCUT2D eigenvalue weighted by Crippen LogP contribution is -2.38. The Hall–Kier alpha value is -2.77. The number of pyridine rings is 1. The number of nitrogens with one attached hydrogen (secondary N) is 1. The number of rotatable bonds is 7. The molecule has 8 nitrogen and oxygen atoms in total. The summed E-state index contributed by atoms with van der Waals surface area (Å²) in [7, 11) is 0. The molecule has 2 aliphatic rings. The lowest BCUT2D eigenvalue weighted by molar-refractivity contribution is -0.132. The van der Waals surface area contributed by atoms with Gasteiger partial charge in [-0.15, -0.1) is 0 Å². The molecule has 0 bridgehead atoms. The minimum Gasteiger partial charge on any atom is -0.352 e. The summed E-state index contributed by atoms with van der Waals surface area (Å²) in [5.74, 6) is 2.16. The van der Waals surface area contributed by atoms with E-state index in [1.165, 1.54) is 12.8 Å². The molecule has 4 rings (SSSR count). The Morgan fingerprint density at radius 1 is 1.21 bits per heavy atom. The normalized spacial score (nSPS) is 17.3. The van der Waals surface area contributed by atoms with Crippen molar-refractivity contribution in [2.24, 2.45) is 5.92 Å². The Morgan fingerprint density at radius 2 is 2.00 bits per heavy atom. The van der Waals surface area contributed by atoms with Crippen LogP contribution < -0.4 is 5.32 Å². The van der Waals surface area contributed by atoms with Crippen LogP contribution in [-0.2, 0) is 11.2 Å². The standard InChI is InChI=1S/C21H27N5O3/c1-14-24-19(29-25-14)6-7-20(27)26-10-8-16(9-11-26)18-5-4-17(13-22-18)21(28)23-12-15-2-3-15/h4-5,13,15-16H,2-3,6-12H2,1H3,(H,23,28). The molecule has 1 saturated carbocycles. The first-order valence-corrected chi connectivity index (χ1v) is 10.4. The van der Waals surface area contributed by atoms with Crippen LogP contribution in [-0.4, -0.2) is 51.5 Å². The van der Waals surface area contributed by atoms with E-state index in [0.29, 0.717) is 42.0 Å². The molecule has 1 aliphatic carbocycles. The summed E-state index contributed by atoms with van der Waals surface area (Å²) in [6.45, 7) is 3.97. The van der Waals surface area contributed by atoms with Gasteiger partial charge in [0.05, 0.1) is 5.56 Å². The molecule has 0 atom stereocenters. The van der Waals surface area contributed by atoms with Crippen molar-refractivity contribution in [1.29, 1.82) is 0 Å². The smallest absolute Gasteiger partial charge is 0.252 e. The van der Waals surface area contributed by atoms with Crippen molar-refractivity contribution in [3.63, 3.8) is 0 Å². The summed E-state index contributed by atoms with van der Waals surface area (Å²) in [4.78, 5) is 35.1. The van der Waals surface area contributed by atoms with Gasteiger partial charge in [0.1, 0.15) is 0 Å². The lowest BCUT2D eigenvalue weighted by Gasteiger charge is -2.31. The second-order valence-corrected chi connectivity index (χ2v) is 8.02. The van der Waals surface area contributed by atoms with E-state index in [-0.39, 0.29) is 11.8 Å². The lowest BCUT2D eigenvalue weighted by atomic mass is 9.92. The zero-order valence-corrected chi connectivity index (χ0v) is 16.8. The van der Waals surface area contributed by atoms with Gasteiger partial charge in [0, 0.05) is 50.3 Å². The van der Waals surface area contributed by atoms with Crippen molar-refractivity contribution in [2.45, 2.75) is 51.4 Å². The number of aromatic nitrogens is 3. The molecule has 2 aromatic rings. The first-order chi connectivity index (χ1) is 14.1. The molecule has 0 aromatic carbocycles. The molecule has 1 aliphatic heterocycles. The van der Waals surface area contributed by atoms with E-state index in [2.05, 4.69) is 20.4 Å². The molecule has 2 aromatic heterocycles. The molecule has 2 amide bonds. The van der Waals surface area contributed by atoms with Crippen LogP contribution in [0.2, 0.25) is 0 Å². The maximum absolute atomic E-state index is 12.4. The molecule has 0 radical (unpaired) electrons. The third-order valence-electron chi connectivity index (χ3n) is 5.69. The third-order valence-corrected chi connectivity index (χ3v) is 5.69. The van der Waals surface area contributed by atoms with Gasteiger partial charge in [-0.3, -0.25) is 14.6 Å². The number of carbonyl (C=O) groups excluding carboxylic acids is 2. The van der Waals surface area contributed by atoms with Gasteiger partial charge in [0.15, 0.2) is 5.82 Å². The number of amides is 2. The van der Waals surface area contributed by atoms with Crippen LogP contribution in [0.1, 0.15) is 65.8 Å². The van der Waals surface area contributed by atoms with Crippen LogP contribution >= 0.6 is 0 Å². The fourth-order valence-electron chi connectivity index (χ4n) is 3.68. The number of likely N-dealkylation sites (tertiary alicyclic amines) is 1. The molecule has 8 heteroatoms. The molecule has 3 heterocycles. The van der Waals surface area contributed by atoms with Crippen LogP contribution in [0.3, 0.4) is 0 Å². The molecule has 154 valence electrons. The fourth-order valence-corrected chi connectivity index (χ4v) is 3.68. The van der Waals surface area contributed by atoms with Crippen molar-refractivity contribution in [3.05, 3.63) is 41.3 Å². The molecule has 1 N–H and O–H groups in total. The first-order valence-electron chi connectivity index (χ1n) is 10.4. The summed E-state index contributed by atoms with van der Waals surface area (Å²) in [5.41, 5.74) is 1.61. The highest BCUT2D eigenvalue weighted by atomic mass is 16.5. The number of carbonyl (C=O) groups is 2. The summed E-state index contributed by atoms with van der Waals surface area (Å²) < 4.78 is 5.06. The van der Waals surface area contributed by atoms with Crippen LogP contribution in [0.25, 0.3) is 0 Å². The van der Waals surface area contributed by atoms with Gasteiger partial charge in [-0.25, -0.2) is 0 Å². The first kappa shape index (κ1) is 19.5. The van der Waals surface area contributed by atoms with E-state index in [1.807, 2.05) is 17.0 Å². The van der Waals surface area contributed by atoms with Crippen molar-refractivity contribution >= 4 is 11.8 Å². The van der Waals surface area contributed by atoms with Gasteiger partial charge >= 0.3 is 0 Å². The highest BCUT2D eigenvalue weighted by Crippen LogP contribution is 2.28. The van der Waals surface area contributed by atoms with Gasteiger partial charge in [-0.1, -0.05) is 5.16 Å². The van der Waals surface area contributed by atoms with Crippen molar-refractivity contribution < 1.29 is 14.1 Å². The predicted octanol–water partition coefficient (Wildman–Crippen LogP) is 2.25. The van der Waals surface area contributed by atoms with E-state index in [0.717, 1.165) is 38.2 Å². The van der Waals surface area contributed by atoms with Crippen LogP contribution in [0.4, 0.5) is 0 Å². The summed E-state index contributed by atoms with van der Waals surface area (Å²) in [6.07, 6.45) is 6.73. The number of hydrogen-bond acceptors (Lipinski definition) is 6. The molecule has 1 saturated heterocycles. The predicted molar refractivity (Wildman–Crippen MR) is 105 cm³/mol. The SMILES string of the molecule is Cc1noc(CCC(=O)N2CCC(c3ccc(C(=O)NCC4CC4)cn3)CC2)n1. The summed E-state index contributed by atoms with van der Waals surface area (Å²) in [6, 6.07) is 3.81. The average molecular weight is 397 g/mol. The van der Waals surface area contributed by atoms with Crippen molar-refractivity contribution in [3.8, 4) is 0 Å². The molecule has 0 spiro atoms. The molecule has 29 heavy (non-hydrogen) atoms. The van der Waals surface area contributed by atoms with E-state index >= 15 is 0 Å². The molecule has 2 fully saturated rings. The van der Waals surface area contributed by atoms with Gasteiger partial charge in [-0.05, 0) is 50.7 Å².